The summed E-state index contributed by atoms with van der Waals surface area (Å²) in [5.41, 5.74) is 0. The molecule has 1 aliphatic heterocycles. The van der Waals surface area contributed by atoms with Gasteiger partial charge >= 0.3 is 0 Å². The Balaban J connectivity index is 1.83. The molecule has 7 heteroatoms. The molecule has 1 atom stereocenters. The number of hydrogen-bond donors (Lipinski definition) is 2. The molecule has 24 heavy (non-hydrogen) atoms. The van der Waals surface area contributed by atoms with E-state index < -0.39 is 0 Å². The van der Waals surface area contributed by atoms with Crippen molar-refractivity contribution in [1.29, 1.82) is 0 Å². The normalized spacial score (nSPS) is 18.0. The molecule has 1 saturated heterocycles. The highest BCUT2D eigenvalue weighted by molar-refractivity contribution is 7.11. The van der Waals surface area contributed by atoms with Crippen LogP contribution in [0, 0.1) is 12.8 Å². The Morgan fingerprint density at radius 1 is 1.38 bits per heavy atom. The van der Waals surface area contributed by atoms with E-state index in [2.05, 4.69) is 46.3 Å². The van der Waals surface area contributed by atoms with Crippen molar-refractivity contribution in [2.75, 3.05) is 39.9 Å². The summed E-state index contributed by atoms with van der Waals surface area (Å²) in [6.45, 7) is 12.0. The zero-order valence-electron chi connectivity index (χ0n) is 15.3. The molecule has 1 aromatic heterocycles. The van der Waals surface area contributed by atoms with E-state index in [9.17, 15) is 0 Å². The Bertz CT molecular complexity index is 511. The predicted molar refractivity (Wildman–Crippen MR) is 101 cm³/mol. The van der Waals surface area contributed by atoms with Gasteiger partial charge in [0, 0.05) is 43.8 Å². The van der Waals surface area contributed by atoms with E-state index in [1.54, 1.807) is 11.3 Å². The van der Waals surface area contributed by atoms with Gasteiger partial charge < -0.3 is 15.4 Å². The quantitative estimate of drug-likeness (QED) is 0.579. The van der Waals surface area contributed by atoms with Crippen molar-refractivity contribution in [2.45, 2.75) is 39.8 Å². The van der Waals surface area contributed by atoms with Crippen LogP contribution in [0.15, 0.2) is 11.2 Å². The Morgan fingerprint density at radius 3 is 2.71 bits per heavy atom. The number of aromatic nitrogens is 1. The number of nitrogens with zero attached hydrogens (tertiary/aromatic N) is 3. The zero-order valence-corrected chi connectivity index (χ0v) is 16.2. The number of nitrogens with one attached hydrogen (secondary N) is 2. The number of aryl methyl sites for hydroxylation is 1. The fraction of sp³-hybridized carbons (Fsp3) is 0.765. The Labute approximate surface area is 149 Å². The summed E-state index contributed by atoms with van der Waals surface area (Å²) in [5, 5.41) is 7.92. The topological polar surface area (TPSA) is 61.8 Å². The van der Waals surface area contributed by atoms with Crippen LogP contribution in [0.5, 0.6) is 0 Å². The summed E-state index contributed by atoms with van der Waals surface area (Å²) in [7, 11) is 1.81. The molecule has 0 radical (unpaired) electrons. The molecule has 2 N–H and O–H groups in total. The monoisotopic (exact) mass is 353 g/mol. The lowest BCUT2D eigenvalue weighted by Gasteiger charge is -2.35. The van der Waals surface area contributed by atoms with Gasteiger partial charge in [-0.05, 0) is 19.3 Å². The molecule has 0 spiro atoms. The Kier molecular flexibility index (Phi) is 7.94. The van der Waals surface area contributed by atoms with E-state index in [1.807, 2.05) is 13.2 Å². The third kappa shape index (κ3) is 6.37. The van der Waals surface area contributed by atoms with Crippen LogP contribution < -0.4 is 10.6 Å². The van der Waals surface area contributed by atoms with Gasteiger partial charge in [-0.1, -0.05) is 13.8 Å². The van der Waals surface area contributed by atoms with Crippen LogP contribution in [-0.4, -0.2) is 61.8 Å². The summed E-state index contributed by atoms with van der Waals surface area (Å²) in [6, 6.07) is 0.509. The van der Waals surface area contributed by atoms with E-state index in [0.29, 0.717) is 18.5 Å². The van der Waals surface area contributed by atoms with Crippen molar-refractivity contribution < 1.29 is 4.74 Å². The highest BCUT2D eigenvalue weighted by Gasteiger charge is 2.22. The van der Waals surface area contributed by atoms with Crippen molar-refractivity contribution in [1.82, 2.24) is 20.5 Å². The summed E-state index contributed by atoms with van der Waals surface area (Å²) < 4.78 is 5.49. The smallest absolute Gasteiger partial charge is 0.191 e. The maximum absolute atomic E-state index is 5.49. The Hall–Kier alpha value is -1.18. The number of ether oxygens (including phenoxy) is 1. The second-order valence-corrected chi connectivity index (χ2v) is 7.92. The third-order valence-electron chi connectivity index (χ3n) is 4.11. The van der Waals surface area contributed by atoms with Gasteiger partial charge in [0.1, 0.15) is 5.01 Å². The van der Waals surface area contributed by atoms with Crippen molar-refractivity contribution in [2.24, 2.45) is 10.9 Å². The van der Waals surface area contributed by atoms with Crippen LogP contribution in [0.1, 0.15) is 30.2 Å². The van der Waals surface area contributed by atoms with Crippen molar-refractivity contribution in [3.05, 3.63) is 16.1 Å². The Morgan fingerprint density at radius 2 is 2.12 bits per heavy atom. The number of morpholine rings is 1. The first kappa shape index (κ1) is 19.1. The summed E-state index contributed by atoms with van der Waals surface area (Å²) in [5.74, 6) is 1.51. The fourth-order valence-electron chi connectivity index (χ4n) is 2.93. The number of aliphatic imine (C=N–C) groups is 1. The minimum atomic E-state index is 0.509. The van der Waals surface area contributed by atoms with E-state index >= 15 is 0 Å². The third-order valence-corrected chi connectivity index (χ3v) is 5.02. The number of guanidine groups is 1. The molecule has 136 valence electrons. The standard InChI is InChI=1S/C17H31N5OS/c1-13(2)9-15(22-5-7-23-8-6-22)11-20-17(18-4)21-12-16-19-10-14(3)24-16/h10,13,15H,5-9,11-12H2,1-4H3,(H2,18,20,21). The first-order chi connectivity index (χ1) is 11.6. The zero-order chi connectivity index (χ0) is 17.4. The minimum Gasteiger partial charge on any atom is -0.379 e. The van der Waals surface area contributed by atoms with Crippen LogP contribution in [-0.2, 0) is 11.3 Å². The van der Waals surface area contributed by atoms with Gasteiger partial charge in [-0.15, -0.1) is 11.3 Å². The molecular formula is C17H31N5OS. The predicted octanol–water partition coefficient (Wildman–Crippen LogP) is 1.86. The van der Waals surface area contributed by atoms with Crippen molar-refractivity contribution in [3.63, 3.8) is 0 Å². The fourth-order valence-corrected chi connectivity index (χ4v) is 3.65. The molecule has 0 amide bonds. The molecule has 1 unspecified atom stereocenters. The molecule has 0 saturated carbocycles. The maximum Gasteiger partial charge on any atom is 0.191 e. The van der Waals surface area contributed by atoms with Gasteiger partial charge in [-0.2, -0.15) is 0 Å². The van der Waals surface area contributed by atoms with Crippen LogP contribution in [0.3, 0.4) is 0 Å². The highest BCUT2D eigenvalue weighted by atomic mass is 32.1. The van der Waals surface area contributed by atoms with E-state index in [1.165, 1.54) is 11.3 Å². The van der Waals surface area contributed by atoms with Crippen LogP contribution in [0.4, 0.5) is 0 Å². The molecular weight excluding hydrogens is 322 g/mol. The number of rotatable bonds is 7. The maximum atomic E-state index is 5.49. The van der Waals surface area contributed by atoms with Crippen LogP contribution in [0.2, 0.25) is 0 Å². The van der Waals surface area contributed by atoms with E-state index in [-0.39, 0.29) is 0 Å². The molecule has 0 bridgehead atoms. The van der Waals surface area contributed by atoms with E-state index in [4.69, 9.17) is 4.74 Å². The van der Waals surface area contributed by atoms with Gasteiger partial charge in [-0.25, -0.2) is 4.98 Å². The molecule has 0 aliphatic carbocycles. The largest absolute Gasteiger partial charge is 0.379 e. The summed E-state index contributed by atoms with van der Waals surface area (Å²) in [4.78, 5) is 12.5. The lowest BCUT2D eigenvalue weighted by atomic mass is 10.0. The van der Waals surface area contributed by atoms with Crippen molar-refractivity contribution in [3.8, 4) is 0 Å². The molecule has 2 rings (SSSR count). The molecule has 1 aliphatic rings. The van der Waals surface area contributed by atoms with Gasteiger partial charge in [0.05, 0.1) is 19.8 Å². The highest BCUT2D eigenvalue weighted by Crippen LogP contribution is 2.13. The number of hydrogen-bond acceptors (Lipinski definition) is 5. The van der Waals surface area contributed by atoms with Gasteiger partial charge in [0.15, 0.2) is 5.96 Å². The number of thiazole rings is 1. The van der Waals surface area contributed by atoms with Gasteiger partial charge in [-0.3, -0.25) is 9.89 Å². The van der Waals surface area contributed by atoms with Gasteiger partial charge in [0.25, 0.3) is 0 Å². The van der Waals surface area contributed by atoms with Crippen molar-refractivity contribution >= 4 is 17.3 Å². The molecule has 1 fully saturated rings. The lowest BCUT2D eigenvalue weighted by molar-refractivity contribution is 0.0132. The average molecular weight is 354 g/mol. The lowest BCUT2D eigenvalue weighted by Crippen LogP contribution is -2.50. The summed E-state index contributed by atoms with van der Waals surface area (Å²) in [6.07, 6.45) is 3.09. The summed E-state index contributed by atoms with van der Waals surface area (Å²) >= 11 is 1.72. The second kappa shape index (κ2) is 9.96. The van der Waals surface area contributed by atoms with Crippen LogP contribution >= 0.6 is 11.3 Å². The second-order valence-electron chi connectivity index (χ2n) is 6.60. The first-order valence-electron chi connectivity index (χ1n) is 8.76. The molecule has 1 aromatic rings. The average Bonchev–Trinajstić information content (AvgIpc) is 2.99. The van der Waals surface area contributed by atoms with E-state index in [0.717, 1.165) is 43.8 Å². The molecule has 0 aromatic carbocycles. The molecule has 2 heterocycles. The molecule has 6 nitrogen and oxygen atoms in total. The SMILES string of the molecule is CN=C(NCc1ncc(C)s1)NCC(CC(C)C)N1CCOCC1. The van der Waals surface area contributed by atoms with Gasteiger partial charge in [0.2, 0.25) is 0 Å². The van der Waals surface area contributed by atoms with Crippen LogP contribution in [0.25, 0.3) is 0 Å². The minimum absolute atomic E-state index is 0.509. The first-order valence-corrected chi connectivity index (χ1v) is 9.57.